The van der Waals surface area contributed by atoms with Gasteiger partial charge in [-0.3, -0.25) is 0 Å². The fourth-order valence-electron chi connectivity index (χ4n) is 7.00. The Labute approximate surface area is 227 Å². The highest BCUT2D eigenvalue weighted by Gasteiger charge is 2.42. The minimum atomic E-state index is 0.102. The molecule has 0 bridgehead atoms. The molecule has 0 N–H and O–H groups in total. The van der Waals surface area contributed by atoms with E-state index in [1.807, 2.05) is 0 Å². The number of aromatic nitrogens is 1. The first-order chi connectivity index (χ1) is 19.4. The van der Waals surface area contributed by atoms with E-state index in [2.05, 4.69) is 149 Å². The monoisotopic (exact) mass is 494 g/mol. The van der Waals surface area contributed by atoms with Gasteiger partial charge in [-0.15, -0.1) is 0 Å². The van der Waals surface area contributed by atoms with E-state index in [1.165, 1.54) is 72.0 Å². The topological polar surface area (TPSA) is 8.17 Å². The Kier molecular flexibility index (Phi) is 4.17. The van der Waals surface area contributed by atoms with Crippen molar-refractivity contribution in [3.8, 4) is 22.3 Å². The van der Waals surface area contributed by atoms with E-state index in [0.717, 1.165) is 0 Å². The number of benzene rings is 6. The summed E-state index contributed by atoms with van der Waals surface area (Å²) in [6, 6.07) is 51.1. The second-order valence-electron chi connectivity index (χ2n) is 10.5. The number of hydrogen-bond acceptors (Lipinski definition) is 1. The van der Waals surface area contributed by atoms with E-state index in [1.54, 1.807) is 0 Å². The molecule has 2 aliphatic heterocycles. The smallest absolute Gasteiger partial charge is 0.333 e. The first-order valence-electron chi connectivity index (χ1n) is 13.6. The van der Waals surface area contributed by atoms with Gasteiger partial charge in [-0.2, -0.15) is 0 Å². The summed E-state index contributed by atoms with van der Waals surface area (Å²) in [5, 5.41) is 2.63. The van der Waals surface area contributed by atoms with Crippen LogP contribution in [-0.2, 0) is 0 Å². The lowest BCUT2D eigenvalue weighted by Gasteiger charge is -2.40. The van der Waals surface area contributed by atoms with E-state index in [-0.39, 0.29) is 6.85 Å². The van der Waals surface area contributed by atoms with Gasteiger partial charge in [0.2, 0.25) is 0 Å². The van der Waals surface area contributed by atoms with Crippen molar-refractivity contribution >= 4 is 56.6 Å². The Morgan fingerprint density at radius 1 is 0.487 bits per heavy atom. The van der Waals surface area contributed by atoms with E-state index in [0.29, 0.717) is 0 Å². The quantitative estimate of drug-likeness (QED) is 0.222. The van der Waals surface area contributed by atoms with Gasteiger partial charge in [0.25, 0.3) is 0 Å². The highest BCUT2D eigenvalue weighted by atomic mass is 15.2. The third kappa shape index (κ3) is 2.77. The van der Waals surface area contributed by atoms with Crippen LogP contribution in [0.15, 0.2) is 140 Å². The van der Waals surface area contributed by atoms with Crippen molar-refractivity contribution in [1.29, 1.82) is 0 Å². The maximum Gasteiger partial charge on any atom is 0.333 e. The van der Waals surface area contributed by atoms with Crippen LogP contribution in [0.25, 0.3) is 44.1 Å². The fraction of sp³-hybridized carbons (Fsp3) is 0. The van der Waals surface area contributed by atoms with Crippen LogP contribution in [-0.4, -0.2) is 11.3 Å². The molecule has 6 aromatic carbocycles. The molecule has 2 nitrogen and oxygen atoms in total. The molecule has 0 amide bonds. The number of fused-ring (bicyclic) bond motifs is 7. The lowest BCUT2D eigenvalue weighted by molar-refractivity contribution is 1.25. The fourth-order valence-corrected chi connectivity index (χ4v) is 7.00. The van der Waals surface area contributed by atoms with E-state index < -0.39 is 0 Å². The molecule has 0 spiro atoms. The number of nitrogens with zero attached hydrogens (tertiary/aromatic N) is 2. The first-order valence-corrected chi connectivity index (χ1v) is 13.6. The van der Waals surface area contributed by atoms with Crippen LogP contribution >= 0.6 is 0 Å². The van der Waals surface area contributed by atoms with Gasteiger partial charge in [0.15, 0.2) is 0 Å². The van der Waals surface area contributed by atoms with Gasteiger partial charge < -0.3 is 9.38 Å². The van der Waals surface area contributed by atoms with Crippen molar-refractivity contribution in [3.63, 3.8) is 0 Å². The highest BCUT2D eigenvalue weighted by Crippen LogP contribution is 2.45. The third-order valence-corrected chi connectivity index (χ3v) is 8.56. The molecular formula is C36H23BN2. The van der Waals surface area contributed by atoms with Crippen LogP contribution in [0, 0.1) is 0 Å². The van der Waals surface area contributed by atoms with Gasteiger partial charge in [0.1, 0.15) is 0 Å². The molecule has 0 atom stereocenters. The van der Waals surface area contributed by atoms with Gasteiger partial charge >= 0.3 is 6.85 Å². The maximum absolute atomic E-state index is 2.61. The van der Waals surface area contributed by atoms with Gasteiger partial charge in [-0.25, -0.2) is 0 Å². The molecule has 0 fully saturated rings. The first kappa shape index (κ1) is 21.0. The highest BCUT2D eigenvalue weighted by molar-refractivity contribution is 6.90. The van der Waals surface area contributed by atoms with Crippen LogP contribution in [0.2, 0.25) is 0 Å². The Morgan fingerprint density at radius 3 is 2.08 bits per heavy atom. The minimum absolute atomic E-state index is 0.102. The average Bonchev–Trinajstić information content (AvgIpc) is 3.34. The molecule has 9 rings (SSSR count). The largest absolute Gasteiger partial charge is 0.375 e. The Balaban J connectivity index is 1.40. The zero-order chi connectivity index (χ0) is 25.5. The molecule has 7 aromatic rings. The predicted molar refractivity (Wildman–Crippen MR) is 165 cm³/mol. The van der Waals surface area contributed by atoms with Crippen LogP contribution in [0.1, 0.15) is 0 Å². The summed E-state index contributed by atoms with van der Waals surface area (Å²) in [6.07, 6.45) is 0. The van der Waals surface area contributed by atoms with Crippen molar-refractivity contribution in [1.82, 2.24) is 4.48 Å². The third-order valence-electron chi connectivity index (χ3n) is 8.56. The zero-order valence-corrected chi connectivity index (χ0v) is 21.3. The predicted octanol–water partition coefficient (Wildman–Crippen LogP) is 7.88. The lowest BCUT2D eigenvalue weighted by Crippen LogP contribution is -2.56. The molecule has 1 aromatic heterocycles. The summed E-state index contributed by atoms with van der Waals surface area (Å²) in [6.45, 7) is 0.102. The summed E-state index contributed by atoms with van der Waals surface area (Å²) in [7, 11) is 0. The van der Waals surface area contributed by atoms with E-state index in [9.17, 15) is 0 Å². The Morgan fingerprint density at radius 2 is 1.21 bits per heavy atom. The number of hydrogen-bond donors (Lipinski definition) is 0. The van der Waals surface area contributed by atoms with Crippen molar-refractivity contribution in [3.05, 3.63) is 140 Å². The summed E-state index contributed by atoms with van der Waals surface area (Å²) in [4.78, 5) is 2.44. The minimum Gasteiger partial charge on any atom is -0.375 e. The van der Waals surface area contributed by atoms with Crippen molar-refractivity contribution < 1.29 is 0 Å². The number of para-hydroxylation sites is 3. The SMILES string of the molecule is c1ccc(-c2ccc3c(c2)c2cccc4c2n3B2c3ccccc3N(c3ccccc3)c3cccc-4c32)cc1. The summed E-state index contributed by atoms with van der Waals surface area (Å²) < 4.78 is 2.61. The second-order valence-corrected chi connectivity index (χ2v) is 10.5. The molecule has 0 aliphatic carbocycles. The summed E-state index contributed by atoms with van der Waals surface area (Å²) in [5.41, 5.74) is 14.2. The van der Waals surface area contributed by atoms with Crippen LogP contribution < -0.4 is 15.8 Å². The Bertz CT molecular complexity index is 2080. The summed E-state index contributed by atoms with van der Waals surface area (Å²) >= 11 is 0. The molecule has 0 saturated heterocycles. The van der Waals surface area contributed by atoms with E-state index >= 15 is 0 Å². The lowest BCUT2D eigenvalue weighted by atomic mass is 9.45. The van der Waals surface area contributed by atoms with Gasteiger partial charge in [0.05, 0.1) is 0 Å². The molecular weight excluding hydrogens is 471 g/mol. The van der Waals surface area contributed by atoms with Crippen molar-refractivity contribution in [2.45, 2.75) is 0 Å². The maximum atomic E-state index is 2.61. The molecule has 3 heterocycles. The van der Waals surface area contributed by atoms with Gasteiger partial charge in [-0.05, 0) is 64.0 Å². The van der Waals surface area contributed by atoms with Crippen LogP contribution in [0.5, 0.6) is 0 Å². The molecule has 0 radical (unpaired) electrons. The van der Waals surface area contributed by atoms with Crippen LogP contribution in [0.4, 0.5) is 17.1 Å². The van der Waals surface area contributed by atoms with Crippen LogP contribution in [0.3, 0.4) is 0 Å². The molecule has 3 heteroatoms. The normalized spacial score (nSPS) is 13.0. The van der Waals surface area contributed by atoms with Crippen molar-refractivity contribution in [2.75, 3.05) is 4.90 Å². The molecule has 0 saturated carbocycles. The van der Waals surface area contributed by atoms with Gasteiger partial charge in [0, 0.05) is 44.4 Å². The van der Waals surface area contributed by atoms with E-state index in [4.69, 9.17) is 0 Å². The number of rotatable bonds is 2. The number of anilines is 3. The zero-order valence-electron chi connectivity index (χ0n) is 21.3. The average molecular weight is 494 g/mol. The molecule has 39 heavy (non-hydrogen) atoms. The summed E-state index contributed by atoms with van der Waals surface area (Å²) in [5.74, 6) is 0. The van der Waals surface area contributed by atoms with Crippen molar-refractivity contribution in [2.24, 2.45) is 0 Å². The van der Waals surface area contributed by atoms with Gasteiger partial charge in [-0.1, -0.05) is 103 Å². The standard InChI is InChI=1S/C36H23BN2/c1-3-11-24(12-4-1)25-21-22-32-30(23-25)29-17-9-16-28-27-15-10-20-34-35(27)37(39(32)36(28)29)31-18-7-8-19-33(31)38(34)26-13-5-2-6-14-26/h1-23H. The molecule has 2 aliphatic rings. The Hall–Kier alpha value is -5.02. The molecule has 180 valence electrons. The second kappa shape index (κ2) is 7.75. The molecule has 0 unspecified atom stereocenters.